The van der Waals surface area contributed by atoms with Crippen molar-refractivity contribution >= 4 is 6.09 Å². The second-order valence-electron chi connectivity index (χ2n) is 3.98. The van der Waals surface area contributed by atoms with Crippen LogP contribution in [0.5, 0.6) is 0 Å². The van der Waals surface area contributed by atoms with E-state index < -0.39 is 5.60 Å². The van der Waals surface area contributed by atoms with Gasteiger partial charge in [0.05, 0.1) is 6.04 Å². The average Bonchev–Trinajstić information content (AvgIpc) is 2.41. The van der Waals surface area contributed by atoms with Gasteiger partial charge in [0.2, 0.25) is 0 Å². The lowest BCUT2D eigenvalue weighted by molar-refractivity contribution is 0.0684. The molecular weight excluding hydrogens is 178 g/mol. The highest BCUT2D eigenvalue weighted by molar-refractivity contribution is 5.71. The minimum atomic E-state index is -0.474. The van der Waals surface area contributed by atoms with E-state index >= 15 is 0 Å². The molecule has 0 aliphatic carbocycles. The van der Waals surface area contributed by atoms with E-state index in [9.17, 15) is 4.79 Å². The maximum Gasteiger partial charge on any atom is 0.408 e. The molecule has 1 amide bonds. The molecule has 0 radical (unpaired) electrons. The Morgan fingerprint density at radius 3 is 2.43 bits per heavy atom. The molecule has 0 bridgehead atoms. The molecule has 14 heavy (non-hydrogen) atoms. The van der Waals surface area contributed by atoms with Crippen LogP contribution in [-0.2, 0) is 4.74 Å². The number of rotatable bonds is 1. The molecule has 1 atom stereocenters. The van der Waals surface area contributed by atoms with Crippen LogP contribution in [0.15, 0.2) is 30.3 Å². The lowest BCUT2D eigenvalue weighted by Crippen LogP contribution is -2.29. The summed E-state index contributed by atoms with van der Waals surface area (Å²) in [5, 5.41) is 2.80. The summed E-state index contributed by atoms with van der Waals surface area (Å²) in [6.07, 6.45) is -0.344. The molecule has 0 aromatic heterocycles. The normalized spacial score (nSPS) is 24.1. The zero-order chi connectivity index (χ0) is 10.2. The minimum Gasteiger partial charge on any atom is -0.441 e. The fraction of sp³-hybridized carbons (Fsp3) is 0.364. The van der Waals surface area contributed by atoms with E-state index in [2.05, 4.69) is 5.32 Å². The molecule has 0 saturated carbocycles. The molecule has 1 unspecified atom stereocenters. The van der Waals surface area contributed by atoms with Crippen LogP contribution in [0.3, 0.4) is 0 Å². The van der Waals surface area contributed by atoms with Crippen molar-refractivity contribution in [1.29, 1.82) is 0 Å². The molecule has 74 valence electrons. The van der Waals surface area contributed by atoms with Gasteiger partial charge in [-0.3, -0.25) is 0 Å². The number of amides is 1. The first-order valence-corrected chi connectivity index (χ1v) is 4.64. The van der Waals surface area contributed by atoms with Crippen LogP contribution in [0.25, 0.3) is 0 Å². The average molecular weight is 191 g/mol. The molecule has 1 heterocycles. The first-order chi connectivity index (χ1) is 6.59. The molecule has 1 saturated heterocycles. The number of ether oxygens (including phenoxy) is 1. The van der Waals surface area contributed by atoms with Crippen molar-refractivity contribution in [3.8, 4) is 0 Å². The highest BCUT2D eigenvalue weighted by Crippen LogP contribution is 2.33. The Bertz CT molecular complexity index is 346. The Hall–Kier alpha value is -1.51. The van der Waals surface area contributed by atoms with Gasteiger partial charge in [-0.15, -0.1) is 0 Å². The van der Waals surface area contributed by atoms with Gasteiger partial charge in [0.15, 0.2) is 0 Å². The fourth-order valence-electron chi connectivity index (χ4n) is 1.75. The van der Waals surface area contributed by atoms with Crippen molar-refractivity contribution in [2.75, 3.05) is 0 Å². The zero-order valence-electron chi connectivity index (χ0n) is 8.28. The van der Waals surface area contributed by atoms with Crippen molar-refractivity contribution < 1.29 is 9.53 Å². The summed E-state index contributed by atoms with van der Waals surface area (Å²) in [6, 6.07) is 9.78. The monoisotopic (exact) mass is 191 g/mol. The van der Waals surface area contributed by atoms with Crippen LogP contribution < -0.4 is 5.32 Å². The number of hydrogen-bond donors (Lipinski definition) is 1. The minimum absolute atomic E-state index is 0.0591. The van der Waals surface area contributed by atoms with Crippen molar-refractivity contribution in [3.63, 3.8) is 0 Å². The predicted molar refractivity (Wildman–Crippen MR) is 52.9 cm³/mol. The van der Waals surface area contributed by atoms with Gasteiger partial charge in [-0.2, -0.15) is 0 Å². The quantitative estimate of drug-likeness (QED) is 0.739. The van der Waals surface area contributed by atoms with Gasteiger partial charge in [-0.05, 0) is 19.4 Å². The van der Waals surface area contributed by atoms with E-state index in [0.717, 1.165) is 5.56 Å². The third kappa shape index (κ3) is 1.45. The van der Waals surface area contributed by atoms with E-state index in [1.807, 2.05) is 44.2 Å². The highest BCUT2D eigenvalue weighted by Gasteiger charge is 2.41. The first kappa shape index (κ1) is 9.06. The predicted octanol–water partition coefficient (Wildman–Crippen LogP) is 2.25. The van der Waals surface area contributed by atoms with E-state index in [1.54, 1.807) is 0 Å². The van der Waals surface area contributed by atoms with Gasteiger partial charge in [-0.1, -0.05) is 30.3 Å². The van der Waals surface area contributed by atoms with Crippen LogP contribution in [0, 0.1) is 0 Å². The molecule has 1 aromatic rings. The number of cyclic esters (lactones) is 1. The molecule has 1 fully saturated rings. The second-order valence-corrected chi connectivity index (χ2v) is 3.98. The third-order valence-corrected chi connectivity index (χ3v) is 2.45. The summed E-state index contributed by atoms with van der Waals surface area (Å²) in [4.78, 5) is 11.1. The molecule has 1 N–H and O–H groups in total. The summed E-state index contributed by atoms with van der Waals surface area (Å²) in [6.45, 7) is 3.81. The molecule has 3 heteroatoms. The Kier molecular flexibility index (Phi) is 1.95. The summed E-state index contributed by atoms with van der Waals surface area (Å²) < 4.78 is 5.17. The van der Waals surface area contributed by atoms with Gasteiger partial charge >= 0.3 is 6.09 Å². The van der Waals surface area contributed by atoms with Crippen molar-refractivity contribution in [2.24, 2.45) is 0 Å². The molecule has 1 aliphatic rings. The highest BCUT2D eigenvalue weighted by atomic mass is 16.6. The molecule has 2 rings (SSSR count). The van der Waals surface area contributed by atoms with Crippen LogP contribution in [0.2, 0.25) is 0 Å². The Morgan fingerprint density at radius 1 is 1.29 bits per heavy atom. The number of benzene rings is 1. The number of nitrogens with one attached hydrogen (secondary N) is 1. The van der Waals surface area contributed by atoms with Crippen molar-refractivity contribution in [1.82, 2.24) is 5.32 Å². The van der Waals surface area contributed by atoms with Gasteiger partial charge < -0.3 is 10.1 Å². The smallest absolute Gasteiger partial charge is 0.408 e. The molecule has 1 aliphatic heterocycles. The van der Waals surface area contributed by atoms with E-state index in [4.69, 9.17) is 4.74 Å². The summed E-state index contributed by atoms with van der Waals surface area (Å²) in [7, 11) is 0. The lowest BCUT2D eigenvalue weighted by Gasteiger charge is -2.23. The van der Waals surface area contributed by atoms with Gasteiger partial charge in [-0.25, -0.2) is 4.79 Å². The fourth-order valence-corrected chi connectivity index (χ4v) is 1.75. The molecule has 0 spiro atoms. The summed E-state index contributed by atoms with van der Waals surface area (Å²) in [5.74, 6) is 0. The topological polar surface area (TPSA) is 38.3 Å². The Balaban J connectivity index is 2.32. The van der Waals surface area contributed by atoms with E-state index in [0.29, 0.717) is 0 Å². The number of hydrogen-bond acceptors (Lipinski definition) is 2. The standard InChI is InChI=1S/C11H13NO2/c1-11(2)9(12-10(13)14-11)8-6-4-3-5-7-8/h3-7,9H,1-2H3,(H,12,13). The van der Waals surface area contributed by atoms with Crippen LogP contribution in [0.1, 0.15) is 25.5 Å². The Labute approximate surface area is 83.1 Å². The molecule has 1 aromatic carbocycles. The maximum atomic E-state index is 11.1. The van der Waals surface area contributed by atoms with Crippen LogP contribution in [-0.4, -0.2) is 11.7 Å². The summed E-state index contributed by atoms with van der Waals surface area (Å²) >= 11 is 0. The lowest BCUT2D eigenvalue weighted by atomic mass is 9.93. The zero-order valence-corrected chi connectivity index (χ0v) is 8.28. The Morgan fingerprint density at radius 2 is 1.93 bits per heavy atom. The van der Waals surface area contributed by atoms with E-state index in [-0.39, 0.29) is 12.1 Å². The van der Waals surface area contributed by atoms with Crippen LogP contribution in [0.4, 0.5) is 4.79 Å². The van der Waals surface area contributed by atoms with Gasteiger partial charge in [0.25, 0.3) is 0 Å². The van der Waals surface area contributed by atoms with Crippen molar-refractivity contribution in [3.05, 3.63) is 35.9 Å². The molecular formula is C11H13NO2. The molecule has 3 nitrogen and oxygen atoms in total. The van der Waals surface area contributed by atoms with Gasteiger partial charge in [0, 0.05) is 0 Å². The summed E-state index contributed by atoms with van der Waals surface area (Å²) in [5.41, 5.74) is 0.599. The number of carbonyl (C=O) groups is 1. The van der Waals surface area contributed by atoms with Gasteiger partial charge in [0.1, 0.15) is 5.60 Å². The largest absolute Gasteiger partial charge is 0.441 e. The van der Waals surface area contributed by atoms with Crippen LogP contribution >= 0.6 is 0 Å². The first-order valence-electron chi connectivity index (χ1n) is 4.64. The maximum absolute atomic E-state index is 11.1. The number of alkyl carbamates (subject to hydrolysis) is 1. The number of carbonyl (C=O) groups excluding carboxylic acids is 1. The van der Waals surface area contributed by atoms with Crippen molar-refractivity contribution in [2.45, 2.75) is 25.5 Å². The second kappa shape index (κ2) is 3.01. The SMILES string of the molecule is CC1(C)OC(=O)NC1c1ccccc1. The van der Waals surface area contributed by atoms with E-state index in [1.165, 1.54) is 0 Å². The third-order valence-electron chi connectivity index (χ3n) is 2.45.